The first-order chi connectivity index (χ1) is 16.6. The number of unbranched alkanes of at least 4 members (excludes halogenated alkanes) is 1. The molecular formula is C28H37NO6. The van der Waals surface area contributed by atoms with Crippen molar-refractivity contribution in [3.63, 3.8) is 0 Å². The number of benzene rings is 2. The first kappa shape index (κ1) is 26.4. The van der Waals surface area contributed by atoms with Crippen molar-refractivity contribution in [2.75, 3.05) is 20.3 Å². The van der Waals surface area contributed by atoms with Crippen molar-refractivity contribution in [2.24, 2.45) is 5.41 Å². The van der Waals surface area contributed by atoms with E-state index in [9.17, 15) is 14.7 Å². The third kappa shape index (κ3) is 7.64. The molecule has 1 saturated carbocycles. The molecule has 3 rings (SSSR count). The van der Waals surface area contributed by atoms with Crippen LogP contribution in [0.15, 0.2) is 30.3 Å². The van der Waals surface area contributed by atoms with Crippen molar-refractivity contribution >= 4 is 11.7 Å². The van der Waals surface area contributed by atoms with Crippen molar-refractivity contribution in [3.05, 3.63) is 47.0 Å². The largest absolute Gasteiger partial charge is 0.507 e. The van der Waals surface area contributed by atoms with Gasteiger partial charge in [-0.3, -0.25) is 9.59 Å². The molecule has 0 saturated heterocycles. The molecule has 2 aromatic carbocycles. The van der Waals surface area contributed by atoms with E-state index >= 15 is 0 Å². The van der Waals surface area contributed by atoms with Gasteiger partial charge in [-0.2, -0.15) is 0 Å². The van der Waals surface area contributed by atoms with E-state index < -0.39 is 0 Å². The van der Waals surface area contributed by atoms with Crippen LogP contribution in [0.1, 0.15) is 79.2 Å². The summed E-state index contributed by atoms with van der Waals surface area (Å²) >= 11 is 0. The number of ether oxygens (including phenoxy) is 3. The number of phenols is 1. The van der Waals surface area contributed by atoms with E-state index in [0.717, 1.165) is 25.7 Å². The van der Waals surface area contributed by atoms with E-state index in [0.29, 0.717) is 59.6 Å². The number of hydrogen-bond donors (Lipinski definition) is 2. The van der Waals surface area contributed by atoms with Crippen LogP contribution in [0.5, 0.6) is 23.0 Å². The minimum atomic E-state index is -0.150. The van der Waals surface area contributed by atoms with Crippen LogP contribution in [0, 0.1) is 12.3 Å². The van der Waals surface area contributed by atoms with Gasteiger partial charge in [-0.15, -0.1) is 0 Å². The maximum atomic E-state index is 12.5. The van der Waals surface area contributed by atoms with Gasteiger partial charge < -0.3 is 24.6 Å². The number of hydrogen-bond acceptors (Lipinski definition) is 6. The molecule has 0 unspecified atom stereocenters. The lowest BCUT2D eigenvalue weighted by atomic mass is 9.87. The third-order valence-corrected chi connectivity index (χ3v) is 5.76. The number of ketones is 1. The average Bonchev–Trinajstić information content (AvgIpc) is 3.61. The highest BCUT2D eigenvalue weighted by molar-refractivity contribution is 5.99. The topological polar surface area (TPSA) is 94.1 Å². The minimum absolute atomic E-state index is 0.0159. The number of phenolic OH excluding ortho intramolecular Hbond substituents is 1. The predicted octanol–water partition coefficient (Wildman–Crippen LogP) is 5.46. The van der Waals surface area contributed by atoms with Crippen molar-refractivity contribution in [2.45, 2.75) is 65.8 Å². The first-order valence-corrected chi connectivity index (χ1v) is 12.2. The maximum Gasteiger partial charge on any atom is 0.251 e. The van der Waals surface area contributed by atoms with Gasteiger partial charge in [0, 0.05) is 23.6 Å². The van der Waals surface area contributed by atoms with E-state index in [2.05, 4.69) is 5.32 Å². The number of amides is 1. The molecular weight excluding hydrogens is 446 g/mol. The van der Waals surface area contributed by atoms with Gasteiger partial charge in [-0.25, -0.2) is 0 Å². The third-order valence-electron chi connectivity index (χ3n) is 5.76. The minimum Gasteiger partial charge on any atom is -0.507 e. The molecule has 1 aliphatic rings. The molecule has 35 heavy (non-hydrogen) atoms. The van der Waals surface area contributed by atoms with Crippen LogP contribution in [-0.4, -0.2) is 43.2 Å². The fourth-order valence-corrected chi connectivity index (χ4v) is 3.64. The van der Waals surface area contributed by atoms with Crippen LogP contribution in [0.25, 0.3) is 0 Å². The number of methoxy groups -OCH3 is 1. The second kappa shape index (κ2) is 11.5. The Morgan fingerprint density at radius 2 is 1.63 bits per heavy atom. The van der Waals surface area contributed by atoms with Gasteiger partial charge in [0.2, 0.25) is 0 Å². The summed E-state index contributed by atoms with van der Waals surface area (Å²) in [5, 5.41) is 13.5. The Morgan fingerprint density at radius 3 is 2.23 bits per heavy atom. The van der Waals surface area contributed by atoms with Crippen molar-refractivity contribution < 1.29 is 28.9 Å². The van der Waals surface area contributed by atoms with Gasteiger partial charge >= 0.3 is 0 Å². The molecule has 190 valence electrons. The SMILES string of the molecule is COc1ccc(C(=O)NC2CC2)cc1OCCCCOc1ccc(C(=O)CC(C)(C)C)c(O)c1C. The van der Waals surface area contributed by atoms with E-state index in [1.165, 1.54) is 0 Å². The summed E-state index contributed by atoms with van der Waals surface area (Å²) in [5.41, 5.74) is 1.30. The zero-order chi connectivity index (χ0) is 25.6. The highest BCUT2D eigenvalue weighted by Gasteiger charge is 2.24. The Balaban J connectivity index is 1.47. The van der Waals surface area contributed by atoms with Gasteiger partial charge in [-0.05, 0) is 68.4 Å². The summed E-state index contributed by atoms with van der Waals surface area (Å²) in [4.78, 5) is 24.8. The molecule has 7 nitrogen and oxygen atoms in total. The number of carbonyl (C=O) groups excluding carboxylic acids is 2. The summed E-state index contributed by atoms with van der Waals surface area (Å²) < 4.78 is 17.1. The normalized spacial score (nSPS) is 13.3. The zero-order valence-corrected chi connectivity index (χ0v) is 21.4. The van der Waals surface area contributed by atoms with E-state index in [4.69, 9.17) is 14.2 Å². The monoisotopic (exact) mass is 483 g/mol. The van der Waals surface area contributed by atoms with Crippen LogP contribution in [0.4, 0.5) is 0 Å². The molecule has 0 heterocycles. The van der Waals surface area contributed by atoms with Crippen molar-refractivity contribution in [1.82, 2.24) is 5.32 Å². The number of aromatic hydroxyl groups is 1. The number of Topliss-reactive ketones (excluding diaryl/α,β-unsaturated/α-hetero) is 1. The number of carbonyl (C=O) groups is 2. The highest BCUT2D eigenvalue weighted by Crippen LogP contribution is 2.33. The van der Waals surface area contributed by atoms with Gasteiger partial charge in [0.15, 0.2) is 17.3 Å². The molecule has 0 atom stereocenters. The molecule has 0 bridgehead atoms. The van der Waals surface area contributed by atoms with Gasteiger partial charge in [-0.1, -0.05) is 20.8 Å². The molecule has 0 aromatic heterocycles. The summed E-state index contributed by atoms with van der Waals surface area (Å²) in [6.07, 6.45) is 3.89. The Labute approximate surface area is 207 Å². The number of nitrogens with one attached hydrogen (secondary N) is 1. The van der Waals surface area contributed by atoms with Crippen LogP contribution >= 0.6 is 0 Å². The van der Waals surface area contributed by atoms with Crippen LogP contribution in [0.3, 0.4) is 0 Å². The van der Waals surface area contributed by atoms with Gasteiger partial charge in [0.05, 0.1) is 25.9 Å². The second-order valence-corrected chi connectivity index (χ2v) is 10.3. The molecule has 0 radical (unpaired) electrons. The van der Waals surface area contributed by atoms with E-state index in [1.54, 1.807) is 44.4 Å². The van der Waals surface area contributed by atoms with Crippen LogP contribution in [-0.2, 0) is 0 Å². The molecule has 0 aliphatic heterocycles. The molecule has 1 amide bonds. The molecule has 1 fully saturated rings. The Hall–Kier alpha value is -3.22. The summed E-state index contributed by atoms with van der Waals surface area (Å²) in [5.74, 6) is 1.48. The van der Waals surface area contributed by atoms with Crippen molar-refractivity contribution in [3.8, 4) is 23.0 Å². The van der Waals surface area contributed by atoms with Crippen molar-refractivity contribution in [1.29, 1.82) is 0 Å². The lowest BCUT2D eigenvalue weighted by molar-refractivity contribution is 0.0932. The Bertz CT molecular complexity index is 1050. The van der Waals surface area contributed by atoms with Crippen LogP contribution < -0.4 is 19.5 Å². The summed E-state index contributed by atoms with van der Waals surface area (Å²) in [6, 6.07) is 8.85. The fourth-order valence-electron chi connectivity index (χ4n) is 3.64. The Morgan fingerprint density at radius 1 is 1.00 bits per heavy atom. The second-order valence-electron chi connectivity index (χ2n) is 10.3. The molecule has 0 spiro atoms. The quantitative estimate of drug-likeness (QED) is 0.308. The number of rotatable bonds is 12. The molecule has 1 aliphatic carbocycles. The molecule has 2 N–H and O–H groups in total. The summed E-state index contributed by atoms with van der Waals surface area (Å²) in [7, 11) is 1.57. The standard InChI is InChI=1S/C28H37NO6/c1-18-23(13-11-21(26(18)31)22(30)17-28(2,3)4)34-14-6-7-15-35-25-16-19(8-12-24(25)33-5)27(32)29-20-9-10-20/h8,11-13,16,20,31H,6-7,9-10,14-15,17H2,1-5H3,(H,29,32). The van der Waals surface area contributed by atoms with Gasteiger partial charge in [0.25, 0.3) is 5.91 Å². The average molecular weight is 484 g/mol. The fraction of sp³-hybridized carbons (Fsp3) is 0.500. The lowest BCUT2D eigenvalue weighted by Gasteiger charge is -2.18. The lowest BCUT2D eigenvalue weighted by Crippen LogP contribution is -2.25. The predicted molar refractivity (Wildman–Crippen MR) is 135 cm³/mol. The maximum absolute atomic E-state index is 12.5. The smallest absolute Gasteiger partial charge is 0.251 e. The molecule has 7 heteroatoms. The first-order valence-electron chi connectivity index (χ1n) is 12.2. The Kier molecular flexibility index (Phi) is 8.65. The molecule has 2 aromatic rings. The van der Waals surface area contributed by atoms with E-state index in [-0.39, 0.29) is 22.9 Å². The van der Waals surface area contributed by atoms with E-state index in [1.807, 2.05) is 20.8 Å². The van der Waals surface area contributed by atoms with Gasteiger partial charge in [0.1, 0.15) is 11.5 Å². The highest BCUT2D eigenvalue weighted by atomic mass is 16.5. The zero-order valence-electron chi connectivity index (χ0n) is 21.4. The summed E-state index contributed by atoms with van der Waals surface area (Å²) in [6.45, 7) is 8.62. The van der Waals surface area contributed by atoms with Crippen LogP contribution in [0.2, 0.25) is 0 Å².